The molecule has 4 rings (SSSR count). The summed E-state index contributed by atoms with van der Waals surface area (Å²) in [4.78, 5) is 13.0. The van der Waals surface area contributed by atoms with Gasteiger partial charge in [-0.1, -0.05) is 18.2 Å². The van der Waals surface area contributed by atoms with Crippen LogP contribution in [0.3, 0.4) is 0 Å². The fourth-order valence-electron chi connectivity index (χ4n) is 4.51. The number of rotatable bonds is 8. The number of carboxylic acid groups (broad SMARTS) is 1. The highest BCUT2D eigenvalue weighted by Gasteiger charge is 2.43. The first kappa shape index (κ1) is 21.6. The number of piperidine rings is 1. The summed E-state index contributed by atoms with van der Waals surface area (Å²) in [5.74, 6) is -0.825. The van der Waals surface area contributed by atoms with Crippen molar-refractivity contribution in [3.63, 3.8) is 0 Å². The van der Waals surface area contributed by atoms with Crippen LogP contribution in [0.15, 0.2) is 36.4 Å². The van der Waals surface area contributed by atoms with Crippen LogP contribution in [0.1, 0.15) is 36.8 Å². The number of hydrogen-bond donors (Lipinski definition) is 1. The Kier molecular flexibility index (Phi) is 6.41. The van der Waals surface area contributed by atoms with E-state index in [2.05, 4.69) is 11.0 Å². The maximum atomic E-state index is 13.7. The van der Waals surface area contributed by atoms with Gasteiger partial charge in [-0.25, -0.2) is 8.78 Å². The van der Waals surface area contributed by atoms with Crippen LogP contribution in [-0.4, -0.2) is 48.8 Å². The summed E-state index contributed by atoms with van der Waals surface area (Å²) in [5.41, 5.74) is 1.54. The number of fused-ring (bicyclic) bond motifs is 2. The van der Waals surface area contributed by atoms with E-state index in [-0.39, 0.29) is 11.8 Å². The molecule has 166 valence electrons. The molecule has 0 unspecified atom stereocenters. The maximum absolute atomic E-state index is 13.7. The molecule has 0 radical (unpaired) electrons. The minimum absolute atomic E-state index is 0.0114. The molecule has 5 nitrogen and oxygen atoms in total. The molecule has 0 amide bonds. The zero-order valence-electron chi connectivity index (χ0n) is 17.4. The average molecular weight is 431 g/mol. The van der Waals surface area contributed by atoms with E-state index in [0.29, 0.717) is 43.9 Å². The minimum atomic E-state index is -0.823. The molecule has 31 heavy (non-hydrogen) atoms. The smallest absolute Gasteiger partial charge is 0.304 e. The van der Waals surface area contributed by atoms with E-state index in [9.17, 15) is 13.6 Å². The molecule has 1 saturated heterocycles. The van der Waals surface area contributed by atoms with E-state index >= 15 is 0 Å². The van der Waals surface area contributed by atoms with E-state index in [0.717, 1.165) is 37.7 Å². The maximum Gasteiger partial charge on any atom is 0.304 e. The first-order valence-electron chi connectivity index (χ1n) is 10.7. The summed E-state index contributed by atoms with van der Waals surface area (Å²) in [7, 11) is 0. The molecule has 0 saturated carbocycles. The second kappa shape index (κ2) is 9.22. The Hall–Kier alpha value is -2.67. The zero-order valence-corrected chi connectivity index (χ0v) is 17.4. The zero-order chi connectivity index (χ0) is 21.8. The molecule has 2 aromatic carbocycles. The number of aliphatic carboxylic acids is 1. The van der Waals surface area contributed by atoms with Crippen molar-refractivity contribution in [2.75, 3.05) is 32.8 Å². The number of ether oxygens (including phenoxy) is 2. The van der Waals surface area contributed by atoms with Crippen molar-refractivity contribution in [1.29, 1.82) is 0 Å². The second-order valence-corrected chi connectivity index (χ2v) is 8.38. The van der Waals surface area contributed by atoms with Crippen LogP contribution >= 0.6 is 0 Å². The highest BCUT2D eigenvalue weighted by molar-refractivity contribution is 5.66. The third kappa shape index (κ3) is 4.82. The first-order chi connectivity index (χ1) is 15.0. The molecule has 0 bridgehead atoms. The predicted molar refractivity (Wildman–Crippen MR) is 112 cm³/mol. The Labute approximate surface area is 180 Å². The highest BCUT2D eigenvalue weighted by atomic mass is 19.2. The second-order valence-electron chi connectivity index (χ2n) is 8.38. The van der Waals surface area contributed by atoms with Gasteiger partial charge >= 0.3 is 5.97 Å². The Morgan fingerprint density at radius 1 is 1.19 bits per heavy atom. The van der Waals surface area contributed by atoms with Crippen molar-refractivity contribution in [3.05, 3.63) is 59.2 Å². The van der Waals surface area contributed by atoms with Crippen LogP contribution in [0, 0.1) is 11.6 Å². The van der Waals surface area contributed by atoms with Gasteiger partial charge in [0.05, 0.1) is 19.6 Å². The Balaban J connectivity index is 1.30. The molecule has 2 aliphatic rings. The van der Waals surface area contributed by atoms with Crippen LogP contribution < -0.4 is 9.47 Å². The number of nitrogens with zero attached hydrogens (tertiary/aromatic N) is 1. The van der Waals surface area contributed by atoms with Crippen LogP contribution in [0.5, 0.6) is 11.5 Å². The van der Waals surface area contributed by atoms with E-state index in [4.69, 9.17) is 14.6 Å². The fourth-order valence-corrected chi connectivity index (χ4v) is 4.51. The van der Waals surface area contributed by atoms with Crippen molar-refractivity contribution >= 4 is 5.97 Å². The van der Waals surface area contributed by atoms with E-state index in [1.54, 1.807) is 6.07 Å². The number of carboxylic acids is 1. The Bertz CT molecular complexity index is 941. The van der Waals surface area contributed by atoms with Crippen LogP contribution in [0.4, 0.5) is 8.78 Å². The Morgan fingerprint density at radius 2 is 2.00 bits per heavy atom. The van der Waals surface area contributed by atoms with Crippen molar-refractivity contribution in [2.24, 2.45) is 0 Å². The van der Waals surface area contributed by atoms with Gasteiger partial charge in [0.2, 0.25) is 0 Å². The third-order valence-corrected chi connectivity index (χ3v) is 6.37. The van der Waals surface area contributed by atoms with Crippen LogP contribution in [0.2, 0.25) is 0 Å². The number of hydrogen-bond acceptors (Lipinski definition) is 4. The van der Waals surface area contributed by atoms with Gasteiger partial charge in [-0.2, -0.15) is 0 Å². The molecular formula is C24H27F2NO4. The SMILES string of the molecule is O=C(O)CCN1CCC2(CC1)COc1cc(OCCCc3cccc(F)c3F)ccc12. The summed E-state index contributed by atoms with van der Waals surface area (Å²) in [6.45, 7) is 3.36. The van der Waals surface area contributed by atoms with Crippen molar-refractivity contribution in [3.8, 4) is 11.5 Å². The summed E-state index contributed by atoms with van der Waals surface area (Å²) in [5, 5.41) is 8.87. The van der Waals surface area contributed by atoms with Gasteiger partial charge in [-0.3, -0.25) is 4.79 Å². The molecule has 2 aromatic rings. The standard InChI is InChI=1S/C24H27F2NO4/c25-20-5-1-3-17(23(20)26)4-2-14-30-18-6-7-19-21(15-18)31-16-24(19)9-12-27(13-10-24)11-8-22(28)29/h1,3,5-7,15H,2,4,8-14,16H2,(H,28,29). The number of aryl methyl sites for hydroxylation is 1. The quantitative estimate of drug-likeness (QED) is 0.636. The molecular weight excluding hydrogens is 404 g/mol. The number of halogens is 2. The molecule has 7 heteroatoms. The molecule has 0 aromatic heterocycles. The predicted octanol–water partition coefficient (Wildman–Crippen LogP) is 4.18. The molecule has 0 aliphatic carbocycles. The van der Waals surface area contributed by atoms with Gasteiger partial charge in [0.1, 0.15) is 11.5 Å². The van der Waals surface area contributed by atoms with Gasteiger partial charge in [-0.15, -0.1) is 0 Å². The summed E-state index contributed by atoms with van der Waals surface area (Å²) in [6.07, 6.45) is 3.05. The lowest BCUT2D eigenvalue weighted by molar-refractivity contribution is -0.137. The molecule has 0 atom stereocenters. The van der Waals surface area contributed by atoms with Gasteiger partial charge < -0.3 is 19.5 Å². The fraction of sp³-hybridized carbons (Fsp3) is 0.458. The highest BCUT2D eigenvalue weighted by Crippen LogP contribution is 2.46. The lowest BCUT2D eigenvalue weighted by Crippen LogP contribution is -2.44. The van der Waals surface area contributed by atoms with Crippen LogP contribution in [-0.2, 0) is 16.6 Å². The third-order valence-electron chi connectivity index (χ3n) is 6.37. The van der Waals surface area contributed by atoms with Crippen LogP contribution in [0.25, 0.3) is 0 Å². The molecule has 2 heterocycles. The molecule has 1 N–H and O–H groups in total. The summed E-state index contributed by atoms with van der Waals surface area (Å²) in [6, 6.07) is 10.1. The van der Waals surface area contributed by atoms with Gasteiger partial charge in [0, 0.05) is 23.6 Å². The van der Waals surface area contributed by atoms with Crippen molar-refractivity contribution < 1.29 is 28.2 Å². The van der Waals surface area contributed by atoms with Crippen molar-refractivity contribution in [2.45, 2.75) is 37.5 Å². The molecule has 2 aliphatic heterocycles. The normalized spacial score (nSPS) is 17.4. The number of likely N-dealkylation sites (tertiary alicyclic amines) is 1. The molecule has 1 fully saturated rings. The average Bonchev–Trinajstić information content (AvgIpc) is 3.11. The van der Waals surface area contributed by atoms with E-state index in [1.807, 2.05) is 12.1 Å². The topological polar surface area (TPSA) is 59.0 Å². The Morgan fingerprint density at radius 3 is 2.77 bits per heavy atom. The van der Waals surface area contributed by atoms with Gasteiger partial charge in [-0.05, 0) is 56.5 Å². The largest absolute Gasteiger partial charge is 0.493 e. The summed E-state index contributed by atoms with van der Waals surface area (Å²) < 4.78 is 38.8. The van der Waals surface area contributed by atoms with E-state index in [1.165, 1.54) is 11.6 Å². The lowest BCUT2D eigenvalue weighted by atomic mass is 9.74. The number of benzene rings is 2. The monoisotopic (exact) mass is 431 g/mol. The van der Waals surface area contributed by atoms with E-state index < -0.39 is 17.6 Å². The lowest BCUT2D eigenvalue weighted by Gasteiger charge is -2.38. The van der Waals surface area contributed by atoms with Crippen molar-refractivity contribution in [1.82, 2.24) is 4.90 Å². The molecule has 1 spiro atoms. The summed E-state index contributed by atoms with van der Waals surface area (Å²) >= 11 is 0. The van der Waals surface area contributed by atoms with Gasteiger partial charge in [0.25, 0.3) is 0 Å². The number of carbonyl (C=O) groups is 1. The minimum Gasteiger partial charge on any atom is -0.493 e. The van der Waals surface area contributed by atoms with Gasteiger partial charge in [0.15, 0.2) is 11.6 Å². The first-order valence-corrected chi connectivity index (χ1v) is 10.7.